The summed E-state index contributed by atoms with van der Waals surface area (Å²) in [6.07, 6.45) is 6.19. The highest BCUT2D eigenvalue weighted by Crippen LogP contribution is 2.31. The Kier molecular flexibility index (Phi) is 6.55. The summed E-state index contributed by atoms with van der Waals surface area (Å²) >= 11 is 1.49. The minimum atomic E-state index is 0.0894. The molecule has 156 valence electrons. The number of nitrogens with one attached hydrogen (secondary N) is 1. The highest BCUT2D eigenvalue weighted by molar-refractivity contribution is 8.00. The number of hydrogen-bond donors (Lipinski definition) is 1. The Hall–Kier alpha value is -1.86. The van der Waals surface area contributed by atoms with Crippen LogP contribution in [-0.4, -0.2) is 53.0 Å². The van der Waals surface area contributed by atoms with Crippen LogP contribution in [0.3, 0.4) is 0 Å². The predicted molar refractivity (Wildman–Crippen MR) is 117 cm³/mol. The van der Waals surface area contributed by atoms with Crippen LogP contribution in [0.4, 0.5) is 5.82 Å². The summed E-state index contributed by atoms with van der Waals surface area (Å²) in [5.74, 6) is 1.32. The number of para-hydroxylation sites is 2. The van der Waals surface area contributed by atoms with Crippen molar-refractivity contribution in [2.75, 3.05) is 23.7 Å². The Balaban J connectivity index is 1.52. The average molecular weight is 415 g/mol. The van der Waals surface area contributed by atoms with Gasteiger partial charge in [-0.2, -0.15) is 0 Å². The van der Waals surface area contributed by atoms with E-state index in [-0.39, 0.29) is 18.1 Å². The molecule has 2 aliphatic rings. The lowest BCUT2D eigenvalue weighted by Gasteiger charge is -2.36. The average Bonchev–Trinajstić information content (AvgIpc) is 2.71. The maximum absolute atomic E-state index is 12.5. The van der Waals surface area contributed by atoms with E-state index in [1.165, 1.54) is 31.0 Å². The van der Waals surface area contributed by atoms with Crippen LogP contribution in [0.1, 0.15) is 46.0 Å². The van der Waals surface area contributed by atoms with E-state index in [0.717, 1.165) is 47.8 Å². The molecule has 0 bridgehead atoms. The topological polar surface area (TPSA) is 67.4 Å². The first-order chi connectivity index (χ1) is 14.1. The zero-order chi connectivity index (χ0) is 20.2. The molecule has 2 aromatic rings. The summed E-state index contributed by atoms with van der Waals surface area (Å²) in [5, 5.41) is 4.02. The first-order valence-corrected chi connectivity index (χ1v) is 11.7. The van der Waals surface area contributed by atoms with Crippen LogP contribution in [0.2, 0.25) is 0 Å². The number of aromatic nitrogens is 2. The number of morpholine rings is 1. The van der Waals surface area contributed by atoms with E-state index in [0.29, 0.717) is 11.8 Å². The lowest BCUT2D eigenvalue weighted by atomic mass is 9.95. The molecule has 29 heavy (non-hydrogen) atoms. The van der Waals surface area contributed by atoms with Crippen LogP contribution in [0.15, 0.2) is 29.3 Å². The van der Waals surface area contributed by atoms with Crippen molar-refractivity contribution in [3.8, 4) is 0 Å². The van der Waals surface area contributed by atoms with Crippen LogP contribution < -0.4 is 10.2 Å². The summed E-state index contributed by atoms with van der Waals surface area (Å²) in [6.45, 7) is 5.72. The van der Waals surface area contributed by atoms with Gasteiger partial charge in [-0.15, -0.1) is 0 Å². The van der Waals surface area contributed by atoms with Crippen LogP contribution in [0, 0.1) is 0 Å². The standard InChI is InChI=1S/C22H30N4O2S/c1-15-12-26(13-16(2)28-15)21-22(25-19-11-7-6-10-18(19)24-21)29-14-20(27)23-17-8-4-3-5-9-17/h6-7,10-11,15-17H,3-5,8-9,12-14H2,1-2H3,(H,23,27)/t15-,16+. The predicted octanol–water partition coefficient (Wildman–Crippen LogP) is 3.78. The van der Waals surface area contributed by atoms with Gasteiger partial charge in [0.25, 0.3) is 0 Å². The van der Waals surface area contributed by atoms with Gasteiger partial charge in [-0.05, 0) is 38.8 Å². The van der Waals surface area contributed by atoms with Crippen LogP contribution in [-0.2, 0) is 9.53 Å². The molecule has 1 saturated heterocycles. The Morgan fingerprint density at radius 2 is 1.76 bits per heavy atom. The summed E-state index contributed by atoms with van der Waals surface area (Å²) in [4.78, 5) is 24.5. The zero-order valence-electron chi connectivity index (χ0n) is 17.3. The molecule has 1 aliphatic heterocycles. The Morgan fingerprint density at radius 3 is 2.45 bits per heavy atom. The highest BCUT2D eigenvalue weighted by Gasteiger charge is 2.26. The number of benzene rings is 1. The van der Waals surface area contributed by atoms with E-state index >= 15 is 0 Å². The molecule has 2 atom stereocenters. The molecule has 0 unspecified atom stereocenters. The molecule has 1 N–H and O–H groups in total. The van der Waals surface area contributed by atoms with Gasteiger partial charge in [-0.3, -0.25) is 4.79 Å². The van der Waals surface area contributed by atoms with Crippen molar-refractivity contribution in [1.29, 1.82) is 0 Å². The lowest BCUT2D eigenvalue weighted by molar-refractivity contribution is -0.119. The second-order valence-electron chi connectivity index (χ2n) is 8.19. The van der Waals surface area contributed by atoms with Gasteiger partial charge in [0, 0.05) is 19.1 Å². The fraction of sp³-hybridized carbons (Fsp3) is 0.591. The first kappa shape index (κ1) is 20.4. The van der Waals surface area contributed by atoms with E-state index in [4.69, 9.17) is 14.7 Å². The van der Waals surface area contributed by atoms with Crippen LogP contribution in [0.5, 0.6) is 0 Å². The molecule has 1 aromatic carbocycles. The fourth-order valence-corrected chi connectivity index (χ4v) is 5.10. The maximum atomic E-state index is 12.5. The summed E-state index contributed by atoms with van der Waals surface area (Å²) in [7, 11) is 0. The molecule has 7 heteroatoms. The molecule has 2 fully saturated rings. The number of hydrogen-bond acceptors (Lipinski definition) is 6. The largest absolute Gasteiger partial charge is 0.372 e. The number of ether oxygens (including phenoxy) is 1. The smallest absolute Gasteiger partial charge is 0.230 e. The number of amides is 1. The van der Waals surface area contributed by atoms with Gasteiger partial charge >= 0.3 is 0 Å². The number of anilines is 1. The Labute approximate surface area is 176 Å². The minimum Gasteiger partial charge on any atom is -0.372 e. The minimum absolute atomic E-state index is 0.0894. The van der Waals surface area contributed by atoms with E-state index in [9.17, 15) is 4.79 Å². The number of carbonyl (C=O) groups excluding carboxylic acids is 1. The monoisotopic (exact) mass is 414 g/mol. The quantitative estimate of drug-likeness (QED) is 0.751. The molecular weight excluding hydrogens is 384 g/mol. The normalized spacial score (nSPS) is 23.3. The summed E-state index contributed by atoms with van der Waals surface area (Å²) in [5.41, 5.74) is 1.74. The van der Waals surface area contributed by atoms with Crippen molar-refractivity contribution in [3.63, 3.8) is 0 Å². The number of thioether (sulfide) groups is 1. The molecule has 2 heterocycles. The summed E-state index contributed by atoms with van der Waals surface area (Å²) < 4.78 is 5.89. The zero-order valence-corrected chi connectivity index (χ0v) is 18.1. The molecule has 0 spiro atoms. The van der Waals surface area contributed by atoms with Crippen molar-refractivity contribution in [2.45, 2.75) is 69.2 Å². The molecular formula is C22H30N4O2S. The van der Waals surface area contributed by atoms with Crippen molar-refractivity contribution >= 4 is 34.5 Å². The Morgan fingerprint density at radius 1 is 1.10 bits per heavy atom. The fourth-order valence-electron chi connectivity index (χ4n) is 4.28. The van der Waals surface area contributed by atoms with Gasteiger partial charge in [0.05, 0.1) is 29.0 Å². The van der Waals surface area contributed by atoms with Gasteiger partial charge in [0.2, 0.25) is 5.91 Å². The molecule has 1 aliphatic carbocycles. The molecule has 1 aromatic heterocycles. The maximum Gasteiger partial charge on any atom is 0.230 e. The van der Waals surface area contributed by atoms with Gasteiger partial charge < -0.3 is 15.0 Å². The van der Waals surface area contributed by atoms with E-state index in [1.807, 2.05) is 24.3 Å². The van der Waals surface area contributed by atoms with Gasteiger partial charge in [-0.25, -0.2) is 9.97 Å². The third kappa shape index (κ3) is 5.20. The lowest BCUT2D eigenvalue weighted by Crippen LogP contribution is -2.46. The third-order valence-electron chi connectivity index (χ3n) is 5.55. The van der Waals surface area contributed by atoms with Gasteiger partial charge in [0.15, 0.2) is 5.82 Å². The summed E-state index contributed by atoms with van der Waals surface area (Å²) in [6, 6.07) is 8.25. The second kappa shape index (κ2) is 9.30. The molecule has 1 saturated carbocycles. The van der Waals surface area contributed by atoms with Crippen LogP contribution >= 0.6 is 11.8 Å². The third-order valence-corrected chi connectivity index (χ3v) is 6.50. The van der Waals surface area contributed by atoms with Gasteiger partial charge in [0.1, 0.15) is 5.03 Å². The highest BCUT2D eigenvalue weighted by atomic mass is 32.2. The first-order valence-electron chi connectivity index (χ1n) is 10.7. The SMILES string of the molecule is C[C@@H]1CN(c2nc3ccccc3nc2SCC(=O)NC2CCCCC2)C[C@H](C)O1. The molecule has 0 radical (unpaired) electrons. The number of fused-ring (bicyclic) bond motifs is 1. The molecule has 6 nitrogen and oxygen atoms in total. The van der Waals surface area contributed by atoms with E-state index < -0.39 is 0 Å². The van der Waals surface area contributed by atoms with Crippen molar-refractivity contribution < 1.29 is 9.53 Å². The number of carbonyl (C=O) groups is 1. The van der Waals surface area contributed by atoms with E-state index in [1.54, 1.807) is 0 Å². The van der Waals surface area contributed by atoms with Crippen molar-refractivity contribution in [3.05, 3.63) is 24.3 Å². The van der Waals surface area contributed by atoms with E-state index in [2.05, 4.69) is 24.1 Å². The molecule has 4 rings (SSSR count). The number of nitrogens with zero attached hydrogens (tertiary/aromatic N) is 3. The molecule has 1 amide bonds. The Bertz CT molecular complexity index is 846. The van der Waals surface area contributed by atoms with Gasteiger partial charge in [-0.1, -0.05) is 43.2 Å². The van der Waals surface area contributed by atoms with Crippen molar-refractivity contribution in [2.24, 2.45) is 0 Å². The second-order valence-corrected chi connectivity index (χ2v) is 9.16. The van der Waals surface area contributed by atoms with Crippen LogP contribution in [0.25, 0.3) is 11.0 Å². The number of rotatable bonds is 5. The van der Waals surface area contributed by atoms with Crippen molar-refractivity contribution in [1.82, 2.24) is 15.3 Å².